The van der Waals surface area contributed by atoms with Crippen LogP contribution < -0.4 is 0 Å². The fourth-order valence-corrected chi connectivity index (χ4v) is 2.49. The van der Waals surface area contributed by atoms with Crippen molar-refractivity contribution in [3.63, 3.8) is 0 Å². The molecule has 1 atom stereocenters. The zero-order valence-corrected chi connectivity index (χ0v) is 11.6. The van der Waals surface area contributed by atoms with Crippen molar-refractivity contribution in [3.8, 4) is 0 Å². The summed E-state index contributed by atoms with van der Waals surface area (Å²) in [6, 6.07) is 8.84. The number of rotatable bonds is 5. The summed E-state index contributed by atoms with van der Waals surface area (Å²) in [7, 11) is 0. The van der Waals surface area contributed by atoms with Gasteiger partial charge in [0.2, 0.25) is 11.1 Å². The van der Waals surface area contributed by atoms with Crippen LogP contribution in [0.5, 0.6) is 0 Å². The smallest absolute Gasteiger partial charge is 0.211 e. The molecule has 1 unspecified atom stereocenters. The molecule has 2 nitrogen and oxygen atoms in total. The molecule has 5 heteroatoms. The van der Waals surface area contributed by atoms with Crippen molar-refractivity contribution in [2.45, 2.75) is 29.1 Å². The fraction of sp³-hybridized carbons (Fsp3) is 0.417. The van der Waals surface area contributed by atoms with E-state index in [1.807, 2.05) is 13.0 Å². The highest BCUT2D eigenvalue weighted by atomic mass is 35.5. The van der Waals surface area contributed by atoms with Crippen LogP contribution in [-0.2, 0) is 9.79 Å². The Kier molecular flexibility index (Phi) is 5.03. The van der Waals surface area contributed by atoms with Gasteiger partial charge in [0.1, 0.15) is 0 Å². The van der Waals surface area contributed by atoms with Crippen LogP contribution in [0.15, 0.2) is 35.3 Å². The third kappa shape index (κ3) is 3.02. The van der Waals surface area contributed by atoms with Crippen molar-refractivity contribution in [1.82, 2.24) is 0 Å². The van der Waals surface area contributed by atoms with Gasteiger partial charge in [-0.25, -0.2) is 4.79 Å². The Morgan fingerprint density at radius 3 is 2.29 bits per heavy atom. The summed E-state index contributed by atoms with van der Waals surface area (Å²) in [6.07, 6.45) is 2.59. The van der Waals surface area contributed by atoms with Crippen molar-refractivity contribution in [3.05, 3.63) is 35.9 Å². The predicted molar refractivity (Wildman–Crippen MR) is 71.4 cm³/mol. The van der Waals surface area contributed by atoms with Crippen LogP contribution in [-0.4, -0.2) is 10.4 Å². The molecule has 0 aliphatic rings. The molecule has 0 radical (unpaired) electrons. The number of alkyl halides is 3. The van der Waals surface area contributed by atoms with Crippen molar-refractivity contribution in [2.75, 3.05) is 0 Å². The molecule has 0 bridgehead atoms. The van der Waals surface area contributed by atoms with E-state index in [4.69, 9.17) is 34.8 Å². The number of halogens is 3. The van der Waals surface area contributed by atoms with Gasteiger partial charge >= 0.3 is 0 Å². The number of isocyanates is 1. The molecule has 1 rings (SSSR count). The molecule has 0 aliphatic heterocycles. The maximum Gasteiger partial charge on any atom is 0.237 e. The predicted octanol–water partition coefficient (Wildman–Crippen LogP) is 4.39. The van der Waals surface area contributed by atoms with Crippen LogP contribution in [0.3, 0.4) is 0 Å². The fourth-order valence-electron chi connectivity index (χ4n) is 1.56. The highest BCUT2D eigenvalue weighted by Gasteiger charge is 2.49. The minimum absolute atomic E-state index is 0.416. The minimum Gasteiger partial charge on any atom is -0.211 e. The van der Waals surface area contributed by atoms with E-state index in [1.54, 1.807) is 24.3 Å². The topological polar surface area (TPSA) is 29.4 Å². The van der Waals surface area contributed by atoms with Gasteiger partial charge in [-0.15, -0.1) is 0 Å². The van der Waals surface area contributed by atoms with Gasteiger partial charge in [0.05, 0.1) is 0 Å². The van der Waals surface area contributed by atoms with Crippen LogP contribution in [0, 0.1) is 0 Å². The summed E-state index contributed by atoms with van der Waals surface area (Å²) >= 11 is 18.8. The Labute approximate surface area is 116 Å². The standard InChI is InChI=1S/C12H12Cl3NO/c1-2-8-11(13,14)12(15,16-9-17)10-6-4-3-5-7-10/h3-7H,2,8H2,1H3. The van der Waals surface area contributed by atoms with Crippen molar-refractivity contribution in [2.24, 2.45) is 4.99 Å². The zero-order valence-electron chi connectivity index (χ0n) is 9.29. The lowest BCUT2D eigenvalue weighted by Gasteiger charge is -2.33. The van der Waals surface area contributed by atoms with Crippen LogP contribution in [0.4, 0.5) is 0 Å². The first-order valence-electron chi connectivity index (χ1n) is 5.19. The van der Waals surface area contributed by atoms with E-state index < -0.39 is 9.33 Å². The normalized spacial score (nSPS) is 14.8. The Morgan fingerprint density at radius 1 is 1.24 bits per heavy atom. The lowest BCUT2D eigenvalue weighted by molar-refractivity contribution is 0.497. The highest BCUT2D eigenvalue weighted by Crippen LogP contribution is 2.50. The first-order chi connectivity index (χ1) is 7.98. The van der Waals surface area contributed by atoms with E-state index in [9.17, 15) is 4.79 Å². The second kappa shape index (κ2) is 5.88. The lowest BCUT2D eigenvalue weighted by Crippen LogP contribution is -2.37. The molecule has 0 saturated carbocycles. The molecule has 0 saturated heterocycles. The molecule has 0 aliphatic carbocycles. The van der Waals surface area contributed by atoms with Gasteiger partial charge in [-0.3, -0.25) is 0 Å². The first-order valence-corrected chi connectivity index (χ1v) is 6.32. The van der Waals surface area contributed by atoms with Gasteiger partial charge in [-0.2, -0.15) is 4.99 Å². The number of aliphatic imine (C=N–C) groups is 1. The summed E-state index contributed by atoms with van der Waals surface area (Å²) in [5, 5.41) is 0. The van der Waals surface area contributed by atoms with E-state index in [0.29, 0.717) is 12.0 Å². The monoisotopic (exact) mass is 291 g/mol. The Hall–Kier alpha value is -0.530. The van der Waals surface area contributed by atoms with Crippen molar-refractivity contribution < 1.29 is 4.79 Å². The third-order valence-electron chi connectivity index (χ3n) is 2.40. The summed E-state index contributed by atoms with van der Waals surface area (Å²) in [5.74, 6) is 0. The number of hydrogen-bond donors (Lipinski definition) is 0. The molecule has 0 N–H and O–H groups in total. The number of nitrogens with zero attached hydrogens (tertiary/aromatic N) is 1. The maximum absolute atomic E-state index is 10.6. The Balaban J connectivity index is 3.28. The second-order valence-corrected chi connectivity index (χ2v) is 5.68. The van der Waals surface area contributed by atoms with Crippen LogP contribution >= 0.6 is 34.8 Å². The Morgan fingerprint density at radius 2 is 1.82 bits per heavy atom. The number of benzene rings is 1. The van der Waals surface area contributed by atoms with E-state index in [-0.39, 0.29) is 0 Å². The van der Waals surface area contributed by atoms with Crippen molar-refractivity contribution >= 4 is 40.9 Å². The zero-order chi connectivity index (χ0) is 12.9. The molecule has 0 fully saturated rings. The molecule has 0 heterocycles. The average Bonchev–Trinajstić information content (AvgIpc) is 2.30. The largest absolute Gasteiger partial charge is 0.237 e. The molecule has 0 aromatic heterocycles. The van der Waals surface area contributed by atoms with E-state index >= 15 is 0 Å². The van der Waals surface area contributed by atoms with Crippen LogP contribution in [0.2, 0.25) is 0 Å². The summed E-state index contributed by atoms with van der Waals surface area (Å²) < 4.78 is -1.36. The van der Waals surface area contributed by atoms with Gasteiger partial charge in [0, 0.05) is 0 Å². The molecule has 92 valence electrons. The lowest BCUT2D eigenvalue weighted by atomic mass is 10.00. The summed E-state index contributed by atoms with van der Waals surface area (Å²) in [4.78, 5) is 12.7. The molecule has 1 aromatic rings. The highest BCUT2D eigenvalue weighted by molar-refractivity contribution is 6.53. The maximum atomic E-state index is 10.6. The van der Waals surface area contributed by atoms with Gasteiger partial charge in [-0.1, -0.05) is 78.5 Å². The molecule has 17 heavy (non-hydrogen) atoms. The quantitative estimate of drug-likeness (QED) is 0.342. The molecule has 0 spiro atoms. The SMILES string of the molecule is CCCC(Cl)(Cl)C(Cl)(N=C=O)c1ccccc1. The van der Waals surface area contributed by atoms with Crippen LogP contribution in [0.1, 0.15) is 25.3 Å². The van der Waals surface area contributed by atoms with E-state index in [0.717, 1.165) is 6.42 Å². The van der Waals surface area contributed by atoms with Crippen molar-refractivity contribution in [1.29, 1.82) is 0 Å². The Bertz CT molecular complexity index is 415. The van der Waals surface area contributed by atoms with Gasteiger partial charge in [0.25, 0.3) is 0 Å². The first kappa shape index (κ1) is 14.5. The van der Waals surface area contributed by atoms with Crippen LogP contribution in [0.25, 0.3) is 0 Å². The van der Waals surface area contributed by atoms with E-state index in [2.05, 4.69) is 4.99 Å². The van der Waals surface area contributed by atoms with Gasteiger partial charge < -0.3 is 0 Å². The molecule has 0 amide bonds. The molecular formula is C12H12Cl3NO. The summed E-state index contributed by atoms with van der Waals surface area (Å²) in [6.45, 7) is 1.92. The molecular weight excluding hydrogens is 280 g/mol. The minimum atomic E-state index is -1.50. The molecule has 1 aromatic carbocycles. The average molecular weight is 293 g/mol. The number of carbonyl (C=O) groups excluding carboxylic acids is 1. The van der Waals surface area contributed by atoms with Gasteiger partial charge in [-0.05, 0) is 12.0 Å². The number of hydrogen-bond acceptors (Lipinski definition) is 2. The second-order valence-electron chi connectivity index (χ2n) is 3.65. The van der Waals surface area contributed by atoms with E-state index in [1.165, 1.54) is 6.08 Å². The summed E-state index contributed by atoms with van der Waals surface area (Å²) in [5.41, 5.74) is 0.573. The van der Waals surface area contributed by atoms with Gasteiger partial charge in [0.15, 0.2) is 4.33 Å². The third-order valence-corrected chi connectivity index (χ3v) is 4.15.